The summed E-state index contributed by atoms with van der Waals surface area (Å²) in [5.74, 6) is -2.72. The Morgan fingerprint density at radius 1 is 1.24 bits per heavy atom. The smallest absolute Gasteiger partial charge is 0.312 e. The minimum atomic E-state index is -0.891. The molecule has 2 aromatic rings. The molecular formula is C13H6BrF2NO4. The number of benzene rings is 2. The maximum Gasteiger partial charge on any atom is 0.312 e. The van der Waals surface area contributed by atoms with E-state index in [0.717, 1.165) is 18.2 Å². The molecule has 0 unspecified atom stereocenters. The zero-order chi connectivity index (χ0) is 15.6. The molecule has 0 atom stereocenters. The zero-order valence-corrected chi connectivity index (χ0v) is 11.8. The van der Waals surface area contributed by atoms with Crippen molar-refractivity contribution in [3.05, 3.63) is 62.1 Å². The van der Waals surface area contributed by atoms with Crippen LogP contribution in [0.4, 0.5) is 14.5 Å². The molecule has 0 saturated carbocycles. The van der Waals surface area contributed by atoms with Crippen molar-refractivity contribution >= 4 is 27.9 Å². The van der Waals surface area contributed by atoms with Crippen molar-refractivity contribution in [3.63, 3.8) is 0 Å². The predicted molar refractivity (Wildman–Crippen MR) is 72.6 cm³/mol. The van der Waals surface area contributed by atoms with Gasteiger partial charge in [-0.2, -0.15) is 0 Å². The molecule has 8 heteroatoms. The lowest BCUT2D eigenvalue weighted by Crippen LogP contribution is -1.99. The molecule has 21 heavy (non-hydrogen) atoms. The summed E-state index contributed by atoms with van der Waals surface area (Å²) in [5.41, 5.74) is -0.712. The molecule has 0 heterocycles. The van der Waals surface area contributed by atoms with Gasteiger partial charge in [-0.15, -0.1) is 0 Å². The van der Waals surface area contributed by atoms with Gasteiger partial charge in [-0.1, -0.05) is 6.07 Å². The number of carbonyl (C=O) groups excluding carboxylic acids is 1. The van der Waals surface area contributed by atoms with Crippen LogP contribution in [0.2, 0.25) is 0 Å². The topological polar surface area (TPSA) is 69.4 Å². The highest BCUT2D eigenvalue weighted by atomic mass is 79.9. The molecule has 0 bridgehead atoms. The number of para-hydroxylation sites is 1. The summed E-state index contributed by atoms with van der Waals surface area (Å²) in [4.78, 5) is 21.0. The molecule has 0 fully saturated rings. The Morgan fingerprint density at radius 3 is 2.57 bits per heavy atom. The van der Waals surface area contributed by atoms with E-state index in [-0.39, 0.29) is 10.0 Å². The predicted octanol–water partition coefficient (Wildman–Crippen LogP) is 4.24. The quantitative estimate of drug-likeness (QED) is 0.466. The maximum absolute atomic E-state index is 13.7. The molecule has 0 spiro atoms. The monoisotopic (exact) mass is 357 g/mol. The van der Waals surface area contributed by atoms with Crippen LogP contribution in [0.25, 0.3) is 0 Å². The van der Waals surface area contributed by atoms with E-state index in [1.54, 1.807) is 0 Å². The van der Waals surface area contributed by atoms with Crippen molar-refractivity contribution in [1.82, 2.24) is 0 Å². The summed E-state index contributed by atoms with van der Waals surface area (Å²) >= 11 is 2.81. The molecule has 2 aromatic carbocycles. The molecule has 0 aliphatic carbocycles. The molecule has 0 radical (unpaired) electrons. The SMILES string of the molecule is O=Cc1cccc(F)c1Oc1cc(F)c(Br)cc1[N+](=O)[O-]. The van der Waals surface area contributed by atoms with Gasteiger partial charge in [0.2, 0.25) is 5.75 Å². The lowest BCUT2D eigenvalue weighted by Gasteiger charge is -2.09. The normalized spacial score (nSPS) is 10.2. The highest BCUT2D eigenvalue weighted by molar-refractivity contribution is 9.10. The van der Waals surface area contributed by atoms with Crippen LogP contribution in [-0.2, 0) is 0 Å². The van der Waals surface area contributed by atoms with Crippen molar-refractivity contribution in [1.29, 1.82) is 0 Å². The van der Waals surface area contributed by atoms with Crippen LogP contribution in [0.15, 0.2) is 34.8 Å². The summed E-state index contributed by atoms with van der Waals surface area (Å²) in [7, 11) is 0. The Labute approximate surface area is 125 Å². The van der Waals surface area contributed by atoms with Crippen LogP contribution in [-0.4, -0.2) is 11.2 Å². The first-order valence-electron chi connectivity index (χ1n) is 5.49. The Bertz CT molecular complexity index is 736. The molecular weight excluding hydrogens is 352 g/mol. The molecule has 0 saturated heterocycles. The third-order valence-corrected chi connectivity index (χ3v) is 3.14. The number of ether oxygens (including phenoxy) is 1. The first kappa shape index (κ1) is 15.0. The van der Waals surface area contributed by atoms with E-state index in [1.807, 2.05) is 0 Å². The molecule has 0 aromatic heterocycles. The van der Waals surface area contributed by atoms with E-state index in [2.05, 4.69) is 15.9 Å². The third kappa shape index (κ3) is 3.05. The summed E-state index contributed by atoms with van der Waals surface area (Å²) in [6, 6.07) is 5.20. The fourth-order valence-electron chi connectivity index (χ4n) is 1.58. The van der Waals surface area contributed by atoms with Crippen LogP contribution in [0.5, 0.6) is 11.5 Å². The second kappa shape index (κ2) is 5.96. The van der Waals surface area contributed by atoms with Crippen LogP contribution < -0.4 is 4.74 Å². The van der Waals surface area contributed by atoms with Gasteiger partial charge in [-0.25, -0.2) is 8.78 Å². The summed E-state index contributed by atoms with van der Waals surface area (Å²) in [5, 5.41) is 10.9. The summed E-state index contributed by atoms with van der Waals surface area (Å²) < 4.78 is 32.1. The van der Waals surface area contributed by atoms with Gasteiger partial charge in [0.25, 0.3) is 0 Å². The second-order valence-electron chi connectivity index (χ2n) is 3.87. The van der Waals surface area contributed by atoms with Crippen LogP contribution in [0.3, 0.4) is 0 Å². The molecule has 2 rings (SSSR count). The largest absolute Gasteiger partial charge is 0.446 e. The van der Waals surface area contributed by atoms with Crippen LogP contribution in [0.1, 0.15) is 10.4 Å². The Morgan fingerprint density at radius 2 is 1.95 bits per heavy atom. The van der Waals surface area contributed by atoms with Gasteiger partial charge in [-0.05, 0) is 28.1 Å². The van der Waals surface area contributed by atoms with Gasteiger partial charge in [0.1, 0.15) is 5.82 Å². The van der Waals surface area contributed by atoms with Crippen molar-refractivity contribution < 1.29 is 23.2 Å². The van der Waals surface area contributed by atoms with E-state index >= 15 is 0 Å². The average Bonchev–Trinajstić information content (AvgIpc) is 2.44. The minimum absolute atomic E-state index is 0.134. The number of nitrogens with zero attached hydrogens (tertiary/aromatic N) is 1. The number of halogens is 3. The Hall–Kier alpha value is -2.35. The fraction of sp³-hybridized carbons (Fsp3) is 0. The van der Waals surface area contributed by atoms with E-state index in [1.165, 1.54) is 12.1 Å². The van der Waals surface area contributed by atoms with Gasteiger partial charge in [0.15, 0.2) is 17.9 Å². The molecule has 108 valence electrons. The van der Waals surface area contributed by atoms with Crippen molar-refractivity contribution in [2.45, 2.75) is 0 Å². The van der Waals surface area contributed by atoms with Gasteiger partial charge in [0, 0.05) is 12.1 Å². The summed E-state index contributed by atoms with van der Waals surface area (Å²) in [6.07, 6.45) is 0.333. The lowest BCUT2D eigenvalue weighted by molar-refractivity contribution is -0.385. The molecule has 0 N–H and O–H groups in total. The third-order valence-electron chi connectivity index (χ3n) is 2.53. The fourth-order valence-corrected chi connectivity index (χ4v) is 1.91. The van der Waals surface area contributed by atoms with Gasteiger partial charge >= 0.3 is 5.69 Å². The first-order chi connectivity index (χ1) is 9.93. The molecule has 0 amide bonds. The Kier molecular flexibility index (Phi) is 4.27. The van der Waals surface area contributed by atoms with E-state index in [9.17, 15) is 23.7 Å². The van der Waals surface area contributed by atoms with Crippen LogP contribution >= 0.6 is 15.9 Å². The second-order valence-corrected chi connectivity index (χ2v) is 4.72. The standard InChI is InChI=1S/C13H6BrF2NO4/c14-8-4-11(17(19)20)12(5-10(8)16)21-13-7(6-18)2-1-3-9(13)15/h1-6H. The van der Waals surface area contributed by atoms with E-state index < -0.39 is 33.7 Å². The van der Waals surface area contributed by atoms with Gasteiger partial charge < -0.3 is 4.74 Å². The number of carbonyl (C=O) groups is 1. The van der Waals surface area contributed by atoms with Crippen molar-refractivity contribution in [3.8, 4) is 11.5 Å². The average molecular weight is 358 g/mol. The van der Waals surface area contributed by atoms with Gasteiger partial charge in [-0.3, -0.25) is 14.9 Å². The van der Waals surface area contributed by atoms with Crippen molar-refractivity contribution in [2.75, 3.05) is 0 Å². The van der Waals surface area contributed by atoms with Gasteiger partial charge in [0.05, 0.1) is 15.0 Å². The highest BCUT2D eigenvalue weighted by Gasteiger charge is 2.22. The number of rotatable bonds is 4. The van der Waals surface area contributed by atoms with Crippen LogP contribution in [0, 0.1) is 21.7 Å². The molecule has 5 nitrogen and oxygen atoms in total. The first-order valence-corrected chi connectivity index (χ1v) is 6.28. The number of nitro benzene ring substituents is 1. The zero-order valence-electron chi connectivity index (χ0n) is 10.2. The van der Waals surface area contributed by atoms with E-state index in [0.29, 0.717) is 6.29 Å². The number of nitro groups is 1. The van der Waals surface area contributed by atoms with E-state index in [4.69, 9.17) is 4.74 Å². The number of hydrogen-bond acceptors (Lipinski definition) is 4. The van der Waals surface area contributed by atoms with Crippen molar-refractivity contribution in [2.24, 2.45) is 0 Å². The maximum atomic E-state index is 13.7. The number of aldehydes is 1. The number of hydrogen-bond donors (Lipinski definition) is 0. The molecule has 0 aliphatic rings. The lowest BCUT2D eigenvalue weighted by atomic mass is 10.2. The Balaban J connectivity index is 2.57. The summed E-state index contributed by atoms with van der Waals surface area (Å²) in [6.45, 7) is 0. The minimum Gasteiger partial charge on any atom is -0.446 e. The highest BCUT2D eigenvalue weighted by Crippen LogP contribution is 2.37. The molecule has 0 aliphatic heterocycles.